The smallest absolute Gasteiger partial charge is 0.141 e. The van der Waals surface area contributed by atoms with E-state index in [0.29, 0.717) is 12.6 Å². The van der Waals surface area contributed by atoms with Crippen LogP contribution in [0.5, 0.6) is 0 Å². The van der Waals surface area contributed by atoms with Crippen LogP contribution in [0.15, 0.2) is 35.0 Å². The first-order chi connectivity index (χ1) is 10.2. The van der Waals surface area contributed by atoms with Crippen molar-refractivity contribution in [2.45, 2.75) is 31.5 Å². The van der Waals surface area contributed by atoms with Crippen LogP contribution in [0.1, 0.15) is 30.0 Å². The molecule has 2 aromatic rings. The van der Waals surface area contributed by atoms with Crippen molar-refractivity contribution in [1.29, 1.82) is 0 Å². The van der Waals surface area contributed by atoms with Crippen molar-refractivity contribution < 1.29 is 4.39 Å². The fourth-order valence-corrected chi connectivity index (χ4v) is 3.52. The molecule has 0 aliphatic heterocycles. The summed E-state index contributed by atoms with van der Waals surface area (Å²) in [6, 6.07) is 7.72. The molecule has 1 aromatic carbocycles. The molecule has 3 rings (SSSR count). The van der Waals surface area contributed by atoms with Gasteiger partial charge in [-0.2, -0.15) is 11.3 Å². The zero-order valence-electron chi connectivity index (χ0n) is 11.6. The maximum absolute atomic E-state index is 13.4. The second-order valence-electron chi connectivity index (χ2n) is 5.46. The summed E-state index contributed by atoms with van der Waals surface area (Å²) < 4.78 is 13.4. The average molecular weight is 325 g/mol. The van der Waals surface area contributed by atoms with Crippen molar-refractivity contribution in [3.05, 3.63) is 57.0 Å². The van der Waals surface area contributed by atoms with Crippen molar-refractivity contribution in [3.8, 4) is 0 Å². The second-order valence-corrected chi connectivity index (χ2v) is 6.65. The molecule has 1 aromatic heterocycles. The third-order valence-corrected chi connectivity index (χ3v) is 4.93. The second kappa shape index (κ2) is 6.44. The summed E-state index contributed by atoms with van der Waals surface area (Å²) >= 11 is 7.63. The molecule has 0 amide bonds. The van der Waals surface area contributed by atoms with Gasteiger partial charge in [-0.1, -0.05) is 17.7 Å². The van der Waals surface area contributed by atoms with E-state index in [-0.39, 0.29) is 16.9 Å². The molecule has 1 aliphatic rings. The zero-order valence-corrected chi connectivity index (χ0v) is 13.2. The molecule has 0 radical (unpaired) electrons. The predicted octanol–water partition coefficient (Wildman–Crippen LogP) is 4.21. The van der Waals surface area contributed by atoms with Gasteiger partial charge in [-0.15, -0.1) is 0 Å². The van der Waals surface area contributed by atoms with Crippen LogP contribution in [-0.2, 0) is 6.54 Å². The number of thiophene rings is 1. The van der Waals surface area contributed by atoms with E-state index in [1.54, 1.807) is 23.5 Å². The summed E-state index contributed by atoms with van der Waals surface area (Å²) in [5.41, 5.74) is 8.31. The quantitative estimate of drug-likeness (QED) is 0.862. The molecule has 1 saturated carbocycles. The van der Waals surface area contributed by atoms with E-state index >= 15 is 0 Å². The predicted molar refractivity (Wildman–Crippen MR) is 86.1 cm³/mol. The molecular formula is C16H18ClFN2S. The summed E-state index contributed by atoms with van der Waals surface area (Å²) in [5.74, 6) is -0.382. The molecule has 0 spiro atoms. The van der Waals surface area contributed by atoms with Crippen molar-refractivity contribution in [2.24, 2.45) is 5.73 Å². The molecule has 21 heavy (non-hydrogen) atoms. The van der Waals surface area contributed by atoms with Gasteiger partial charge in [0.25, 0.3) is 0 Å². The molecule has 1 unspecified atom stereocenters. The fourth-order valence-electron chi connectivity index (χ4n) is 2.68. The van der Waals surface area contributed by atoms with Crippen molar-refractivity contribution >= 4 is 22.9 Å². The number of nitrogens with two attached hydrogens (primary N) is 1. The maximum Gasteiger partial charge on any atom is 0.141 e. The molecule has 2 nitrogen and oxygen atoms in total. The molecule has 0 bridgehead atoms. The molecule has 1 fully saturated rings. The van der Waals surface area contributed by atoms with Crippen LogP contribution in [0.4, 0.5) is 4.39 Å². The minimum Gasteiger partial charge on any atom is -0.329 e. The lowest BCUT2D eigenvalue weighted by molar-refractivity contribution is 0.182. The standard InChI is InChI=1S/C16H18ClFN2S/c17-14-7-12(1-4-15(14)18)16(8-19)20(13-2-3-13)9-11-5-6-21-10-11/h1,4-7,10,13,16H,2-3,8-9,19H2. The third-order valence-electron chi connectivity index (χ3n) is 3.91. The van der Waals surface area contributed by atoms with E-state index in [0.717, 1.165) is 12.1 Å². The Labute approximate surface area is 133 Å². The topological polar surface area (TPSA) is 29.3 Å². The lowest BCUT2D eigenvalue weighted by Crippen LogP contribution is -2.35. The van der Waals surface area contributed by atoms with E-state index in [2.05, 4.69) is 21.7 Å². The number of nitrogens with zero attached hydrogens (tertiary/aromatic N) is 1. The van der Waals surface area contributed by atoms with Crippen LogP contribution < -0.4 is 5.73 Å². The monoisotopic (exact) mass is 324 g/mol. The highest BCUT2D eigenvalue weighted by atomic mass is 35.5. The average Bonchev–Trinajstić information content (AvgIpc) is 3.20. The molecule has 1 heterocycles. The Morgan fingerprint density at radius 2 is 2.19 bits per heavy atom. The van der Waals surface area contributed by atoms with Gasteiger partial charge in [0.05, 0.1) is 5.02 Å². The first kappa shape index (κ1) is 15.0. The largest absolute Gasteiger partial charge is 0.329 e. The summed E-state index contributed by atoms with van der Waals surface area (Å²) in [6.45, 7) is 1.38. The molecule has 0 saturated heterocycles. The molecule has 2 N–H and O–H groups in total. The molecule has 112 valence electrons. The molecule has 1 atom stereocenters. The normalized spacial score (nSPS) is 16.4. The van der Waals surface area contributed by atoms with Crippen molar-refractivity contribution in [1.82, 2.24) is 4.90 Å². The third kappa shape index (κ3) is 3.46. The first-order valence-corrected chi connectivity index (χ1v) is 8.43. The Hall–Kier alpha value is -0.940. The van der Waals surface area contributed by atoms with Gasteiger partial charge in [-0.25, -0.2) is 4.39 Å². The van der Waals surface area contributed by atoms with E-state index < -0.39 is 0 Å². The molecular weight excluding hydrogens is 307 g/mol. The first-order valence-electron chi connectivity index (χ1n) is 7.11. The minimum atomic E-state index is -0.382. The number of halogens is 2. The van der Waals surface area contributed by atoms with E-state index in [4.69, 9.17) is 17.3 Å². The lowest BCUT2D eigenvalue weighted by atomic mass is 10.0. The number of hydrogen-bond acceptors (Lipinski definition) is 3. The van der Waals surface area contributed by atoms with Crippen LogP contribution in [0.2, 0.25) is 5.02 Å². The highest BCUT2D eigenvalue weighted by molar-refractivity contribution is 7.07. The highest BCUT2D eigenvalue weighted by Crippen LogP contribution is 2.36. The van der Waals surface area contributed by atoms with Gasteiger partial charge in [-0.05, 0) is 52.9 Å². The van der Waals surface area contributed by atoms with Crippen LogP contribution in [0.3, 0.4) is 0 Å². The minimum absolute atomic E-state index is 0.0792. The summed E-state index contributed by atoms with van der Waals surface area (Å²) in [5, 5.41) is 4.42. The van der Waals surface area contributed by atoms with E-state index in [1.807, 2.05) is 0 Å². The lowest BCUT2D eigenvalue weighted by Gasteiger charge is -2.31. The Balaban J connectivity index is 1.86. The van der Waals surface area contributed by atoms with Gasteiger partial charge < -0.3 is 5.73 Å². The Morgan fingerprint density at radius 1 is 1.38 bits per heavy atom. The molecule has 1 aliphatic carbocycles. The maximum atomic E-state index is 13.4. The van der Waals surface area contributed by atoms with E-state index in [1.165, 1.54) is 24.5 Å². The van der Waals surface area contributed by atoms with Crippen LogP contribution in [0.25, 0.3) is 0 Å². The molecule has 5 heteroatoms. The van der Waals surface area contributed by atoms with Crippen LogP contribution >= 0.6 is 22.9 Å². The number of hydrogen-bond donors (Lipinski definition) is 1. The summed E-state index contributed by atoms with van der Waals surface area (Å²) in [4.78, 5) is 2.42. The highest BCUT2D eigenvalue weighted by Gasteiger charge is 2.34. The summed E-state index contributed by atoms with van der Waals surface area (Å²) in [7, 11) is 0. The zero-order chi connectivity index (χ0) is 14.8. The fraction of sp³-hybridized carbons (Fsp3) is 0.375. The number of benzene rings is 1. The Kier molecular flexibility index (Phi) is 4.60. The van der Waals surface area contributed by atoms with Gasteiger partial charge in [0.1, 0.15) is 5.82 Å². The Bertz CT molecular complexity index is 598. The van der Waals surface area contributed by atoms with Crippen molar-refractivity contribution in [2.75, 3.05) is 6.54 Å². The van der Waals surface area contributed by atoms with Gasteiger partial charge in [-0.3, -0.25) is 4.90 Å². The van der Waals surface area contributed by atoms with Crippen LogP contribution in [0, 0.1) is 5.82 Å². The summed E-state index contributed by atoms with van der Waals surface area (Å²) in [6.07, 6.45) is 2.41. The van der Waals surface area contributed by atoms with Gasteiger partial charge in [0.2, 0.25) is 0 Å². The van der Waals surface area contributed by atoms with Gasteiger partial charge in [0.15, 0.2) is 0 Å². The number of rotatable bonds is 6. The van der Waals surface area contributed by atoms with Gasteiger partial charge in [0, 0.05) is 25.2 Å². The van der Waals surface area contributed by atoms with Crippen LogP contribution in [-0.4, -0.2) is 17.5 Å². The SMILES string of the molecule is NCC(c1ccc(F)c(Cl)c1)N(Cc1ccsc1)C1CC1. The van der Waals surface area contributed by atoms with E-state index in [9.17, 15) is 4.39 Å². The van der Waals surface area contributed by atoms with Crippen molar-refractivity contribution in [3.63, 3.8) is 0 Å². The Morgan fingerprint density at radius 3 is 2.76 bits per heavy atom. The van der Waals surface area contributed by atoms with Gasteiger partial charge >= 0.3 is 0 Å².